The number of aliphatic hydroxyl groups excluding tert-OH is 1. The van der Waals surface area contributed by atoms with Crippen LogP contribution in [-0.2, 0) is 19.9 Å². The predicted octanol–water partition coefficient (Wildman–Crippen LogP) is 2.18. The Bertz CT molecular complexity index is 910. The smallest absolute Gasteiger partial charge is 0.414 e. The first-order valence-corrected chi connectivity index (χ1v) is 10.7. The minimum absolute atomic E-state index is 0.114. The standard InChI is InChI=1S/C23H30N2O6/c1-5-9-25-17-7-6-15(24-10-12-30-21(24)28)13-16(17)23(20(25)27)14(2)19(22(3,4)29)18(31-23)8-11-26/h5-7,13-14,18-19,26,29H,1,8-12H2,2-4H3/t14-,18+,19-,23+/m1/s1. The Morgan fingerprint density at radius 3 is 2.68 bits per heavy atom. The van der Waals surface area contributed by atoms with E-state index in [-0.39, 0.29) is 24.3 Å². The van der Waals surface area contributed by atoms with Crippen molar-refractivity contribution in [3.63, 3.8) is 0 Å². The van der Waals surface area contributed by atoms with Crippen LogP contribution in [0.3, 0.4) is 0 Å². The number of fused-ring (bicyclic) bond motifs is 2. The number of hydrogen-bond donors (Lipinski definition) is 2. The van der Waals surface area contributed by atoms with Crippen LogP contribution in [0, 0.1) is 11.8 Å². The maximum absolute atomic E-state index is 13.8. The number of hydrogen-bond acceptors (Lipinski definition) is 6. The number of anilines is 2. The average Bonchev–Trinajstić information content (AvgIpc) is 3.32. The molecule has 2 N–H and O–H groups in total. The molecule has 1 aromatic rings. The first-order chi connectivity index (χ1) is 14.7. The normalized spacial score (nSPS) is 30.3. The predicted molar refractivity (Wildman–Crippen MR) is 115 cm³/mol. The zero-order valence-electron chi connectivity index (χ0n) is 18.2. The lowest BCUT2D eigenvalue weighted by molar-refractivity contribution is -0.146. The molecule has 1 aromatic carbocycles. The molecule has 2 fully saturated rings. The number of cyclic esters (lactones) is 1. The fourth-order valence-electron chi connectivity index (χ4n) is 5.57. The fourth-order valence-corrected chi connectivity index (χ4v) is 5.57. The van der Waals surface area contributed by atoms with Gasteiger partial charge in [0.1, 0.15) is 6.61 Å². The highest BCUT2D eigenvalue weighted by atomic mass is 16.6. The molecule has 3 aliphatic heterocycles. The van der Waals surface area contributed by atoms with E-state index < -0.39 is 23.4 Å². The minimum atomic E-state index is -1.32. The van der Waals surface area contributed by atoms with Gasteiger partial charge in [-0.25, -0.2) is 4.79 Å². The van der Waals surface area contributed by atoms with Crippen LogP contribution in [0.25, 0.3) is 0 Å². The summed E-state index contributed by atoms with van der Waals surface area (Å²) in [4.78, 5) is 29.1. The molecule has 0 bridgehead atoms. The van der Waals surface area contributed by atoms with Crippen molar-refractivity contribution in [2.75, 3.05) is 36.1 Å². The number of carbonyl (C=O) groups excluding carboxylic acids is 2. The van der Waals surface area contributed by atoms with E-state index >= 15 is 0 Å². The number of ether oxygens (including phenoxy) is 2. The lowest BCUT2D eigenvalue weighted by atomic mass is 9.71. The van der Waals surface area contributed by atoms with Gasteiger partial charge in [-0.15, -0.1) is 6.58 Å². The summed E-state index contributed by atoms with van der Waals surface area (Å²) < 4.78 is 11.6. The van der Waals surface area contributed by atoms with Crippen molar-refractivity contribution < 1.29 is 29.3 Å². The second-order valence-corrected chi connectivity index (χ2v) is 9.04. The molecular weight excluding hydrogens is 400 g/mol. The molecule has 8 nitrogen and oxygen atoms in total. The Hall–Kier alpha value is -2.42. The van der Waals surface area contributed by atoms with Crippen molar-refractivity contribution in [3.8, 4) is 0 Å². The van der Waals surface area contributed by atoms with Crippen molar-refractivity contribution in [3.05, 3.63) is 36.4 Å². The molecular formula is C23H30N2O6. The van der Waals surface area contributed by atoms with Crippen molar-refractivity contribution in [2.24, 2.45) is 11.8 Å². The van der Waals surface area contributed by atoms with E-state index in [1.54, 1.807) is 30.9 Å². The zero-order chi connectivity index (χ0) is 22.6. The van der Waals surface area contributed by atoms with Crippen LogP contribution in [0.5, 0.6) is 0 Å². The zero-order valence-corrected chi connectivity index (χ0v) is 18.2. The van der Waals surface area contributed by atoms with Gasteiger partial charge in [0.25, 0.3) is 5.91 Å². The van der Waals surface area contributed by atoms with Crippen LogP contribution >= 0.6 is 0 Å². The second-order valence-electron chi connectivity index (χ2n) is 9.04. The Morgan fingerprint density at radius 1 is 1.35 bits per heavy atom. The molecule has 0 saturated carbocycles. The van der Waals surface area contributed by atoms with E-state index in [9.17, 15) is 19.8 Å². The molecule has 0 radical (unpaired) electrons. The summed E-state index contributed by atoms with van der Waals surface area (Å²) in [6.07, 6.45) is 1.04. The van der Waals surface area contributed by atoms with Crippen molar-refractivity contribution in [1.29, 1.82) is 0 Å². The average molecular weight is 431 g/mol. The topological polar surface area (TPSA) is 99.5 Å². The van der Waals surface area contributed by atoms with Gasteiger partial charge in [0.2, 0.25) is 0 Å². The fraction of sp³-hybridized carbons (Fsp3) is 0.565. The third-order valence-corrected chi connectivity index (χ3v) is 6.77. The molecule has 0 aromatic heterocycles. The number of benzene rings is 1. The van der Waals surface area contributed by atoms with Gasteiger partial charge < -0.3 is 24.6 Å². The maximum atomic E-state index is 13.8. The summed E-state index contributed by atoms with van der Waals surface area (Å²) in [5, 5.41) is 20.5. The number of nitrogens with zero attached hydrogens (tertiary/aromatic N) is 2. The molecule has 1 spiro atoms. The molecule has 2 amide bonds. The monoisotopic (exact) mass is 430 g/mol. The first-order valence-electron chi connectivity index (χ1n) is 10.7. The summed E-state index contributed by atoms with van der Waals surface area (Å²) in [6, 6.07) is 5.44. The molecule has 0 aliphatic carbocycles. The van der Waals surface area contributed by atoms with E-state index in [0.717, 1.165) is 0 Å². The molecule has 8 heteroatoms. The van der Waals surface area contributed by atoms with Gasteiger partial charge in [-0.05, 0) is 38.5 Å². The number of rotatable bonds is 6. The van der Waals surface area contributed by atoms with Crippen LogP contribution in [0.4, 0.5) is 16.2 Å². The highest BCUT2D eigenvalue weighted by molar-refractivity contribution is 6.08. The van der Waals surface area contributed by atoms with Crippen LogP contribution in [-0.4, -0.2) is 60.2 Å². The van der Waals surface area contributed by atoms with Gasteiger partial charge in [0, 0.05) is 36.2 Å². The molecule has 4 rings (SSSR count). The highest BCUT2D eigenvalue weighted by Gasteiger charge is 2.65. The largest absolute Gasteiger partial charge is 0.447 e. The van der Waals surface area contributed by atoms with Crippen molar-refractivity contribution >= 4 is 23.4 Å². The third-order valence-electron chi connectivity index (χ3n) is 6.77. The summed E-state index contributed by atoms with van der Waals surface area (Å²) in [5.41, 5.74) is -0.436. The molecule has 4 atom stereocenters. The summed E-state index contributed by atoms with van der Waals surface area (Å²) >= 11 is 0. The van der Waals surface area contributed by atoms with Crippen LogP contribution < -0.4 is 9.80 Å². The summed E-state index contributed by atoms with van der Waals surface area (Å²) in [7, 11) is 0. The van der Waals surface area contributed by atoms with E-state index in [0.29, 0.717) is 43.1 Å². The second kappa shape index (κ2) is 7.62. The van der Waals surface area contributed by atoms with E-state index in [4.69, 9.17) is 9.47 Å². The summed E-state index contributed by atoms with van der Waals surface area (Å²) in [6.45, 7) is 10.1. The van der Waals surface area contributed by atoms with Gasteiger partial charge >= 0.3 is 6.09 Å². The van der Waals surface area contributed by atoms with Gasteiger partial charge in [-0.2, -0.15) is 0 Å². The van der Waals surface area contributed by atoms with E-state index in [2.05, 4.69) is 6.58 Å². The highest BCUT2D eigenvalue weighted by Crippen LogP contribution is 2.58. The van der Waals surface area contributed by atoms with Gasteiger partial charge in [-0.1, -0.05) is 13.0 Å². The number of carbonyl (C=O) groups is 2. The van der Waals surface area contributed by atoms with E-state index in [1.807, 2.05) is 19.1 Å². The maximum Gasteiger partial charge on any atom is 0.414 e. The Balaban J connectivity index is 1.87. The molecule has 3 aliphatic rings. The van der Waals surface area contributed by atoms with Gasteiger partial charge in [-0.3, -0.25) is 9.69 Å². The Kier molecular flexibility index (Phi) is 5.36. The van der Waals surface area contributed by atoms with Crippen LogP contribution in [0.2, 0.25) is 0 Å². The number of amides is 2. The quantitative estimate of drug-likeness (QED) is 0.671. The minimum Gasteiger partial charge on any atom is -0.447 e. The SMILES string of the molecule is C=CCN1C(=O)[C@@]2(O[C@@H](CCO)[C@H](C(C)(C)O)[C@H]2C)c2cc(N3CCOC3=O)ccc21. The van der Waals surface area contributed by atoms with E-state index in [1.165, 1.54) is 4.90 Å². The molecule has 0 unspecified atom stereocenters. The molecule has 3 heterocycles. The molecule has 168 valence electrons. The first kappa shape index (κ1) is 21.8. The molecule has 31 heavy (non-hydrogen) atoms. The van der Waals surface area contributed by atoms with Gasteiger partial charge in [0.15, 0.2) is 5.60 Å². The lowest BCUT2D eigenvalue weighted by Gasteiger charge is -2.34. The summed E-state index contributed by atoms with van der Waals surface area (Å²) in [5.74, 6) is -0.961. The van der Waals surface area contributed by atoms with Crippen LogP contribution in [0.15, 0.2) is 30.9 Å². The number of aliphatic hydroxyl groups is 2. The van der Waals surface area contributed by atoms with Gasteiger partial charge in [0.05, 0.1) is 23.9 Å². The van der Waals surface area contributed by atoms with Crippen molar-refractivity contribution in [1.82, 2.24) is 0 Å². The third kappa shape index (κ3) is 3.16. The lowest BCUT2D eigenvalue weighted by Crippen LogP contribution is -2.46. The Labute approximate surface area is 182 Å². The Morgan fingerprint density at radius 2 is 2.10 bits per heavy atom. The van der Waals surface area contributed by atoms with Crippen LogP contribution in [0.1, 0.15) is 32.8 Å². The van der Waals surface area contributed by atoms with Crippen molar-refractivity contribution in [2.45, 2.75) is 44.5 Å². The molecule has 2 saturated heterocycles.